The number of aliphatic hydroxyl groups is 1. The fourth-order valence-electron chi connectivity index (χ4n) is 2.48. The van der Waals surface area contributed by atoms with Gasteiger partial charge in [-0.15, -0.1) is 0 Å². The van der Waals surface area contributed by atoms with E-state index in [0.29, 0.717) is 24.4 Å². The molecule has 1 saturated heterocycles. The Morgan fingerprint density at radius 2 is 1.78 bits per heavy atom. The van der Waals surface area contributed by atoms with Gasteiger partial charge in [-0.05, 0) is 44.4 Å². The molecule has 1 N–H and O–H groups in total. The summed E-state index contributed by atoms with van der Waals surface area (Å²) >= 11 is 0. The maximum Gasteiger partial charge on any atom is 0.159 e. The van der Waals surface area contributed by atoms with Crippen LogP contribution in [0.3, 0.4) is 0 Å². The number of benzene rings is 1. The van der Waals surface area contributed by atoms with Crippen molar-refractivity contribution in [3.8, 4) is 0 Å². The Labute approximate surface area is 106 Å². The molecule has 0 aromatic heterocycles. The van der Waals surface area contributed by atoms with Crippen molar-refractivity contribution in [3.05, 3.63) is 35.4 Å². The predicted octanol–water partition coefficient (Wildman–Crippen LogP) is 2.66. The zero-order valence-corrected chi connectivity index (χ0v) is 10.8. The second kappa shape index (κ2) is 4.94. The normalized spacial score (nSPS) is 20.3. The molecule has 2 nitrogen and oxygen atoms in total. The molecule has 1 aliphatic rings. The third kappa shape index (κ3) is 2.54. The lowest BCUT2D eigenvalue weighted by Gasteiger charge is -2.40. The van der Waals surface area contributed by atoms with Crippen LogP contribution in [0.1, 0.15) is 32.3 Å². The standard InChI is InChI=1S/C14H19F2NO/c1-10(2)17-7-5-14(18,6-8-17)11-3-4-12(15)13(16)9-11/h3-4,9-10,18H,5-8H2,1-2H3. The first-order valence-electron chi connectivity index (χ1n) is 6.34. The van der Waals surface area contributed by atoms with Crippen molar-refractivity contribution in [1.82, 2.24) is 4.90 Å². The Kier molecular flexibility index (Phi) is 3.69. The molecular weight excluding hydrogens is 236 g/mol. The van der Waals surface area contributed by atoms with Crippen LogP contribution in [0, 0.1) is 11.6 Å². The lowest BCUT2D eigenvalue weighted by molar-refractivity contribution is -0.0326. The summed E-state index contributed by atoms with van der Waals surface area (Å²) in [6.45, 7) is 5.77. The summed E-state index contributed by atoms with van der Waals surface area (Å²) in [5.74, 6) is -1.77. The second-order valence-electron chi connectivity index (χ2n) is 5.29. The van der Waals surface area contributed by atoms with Gasteiger partial charge in [-0.1, -0.05) is 6.07 Å². The summed E-state index contributed by atoms with van der Waals surface area (Å²) in [7, 11) is 0. The molecule has 1 aliphatic heterocycles. The average Bonchev–Trinajstić information content (AvgIpc) is 2.33. The molecular formula is C14H19F2NO. The van der Waals surface area contributed by atoms with Crippen molar-refractivity contribution in [2.45, 2.75) is 38.3 Å². The van der Waals surface area contributed by atoms with Gasteiger partial charge < -0.3 is 10.0 Å². The molecule has 4 heteroatoms. The summed E-state index contributed by atoms with van der Waals surface area (Å²) in [5.41, 5.74) is -0.551. The van der Waals surface area contributed by atoms with Crippen molar-refractivity contribution in [1.29, 1.82) is 0 Å². The summed E-state index contributed by atoms with van der Waals surface area (Å²) in [5, 5.41) is 10.5. The van der Waals surface area contributed by atoms with Crippen LogP contribution in [0.2, 0.25) is 0 Å². The fraction of sp³-hybridized carbons (Fsp3) is 0.571. The highest BCUT2D eigenvalue weighted by atomic mass is 19.2. The molecule has 1 aromatic carbocycles. The van der Waals surface area contributed by atoms with E-state index < -0.39 is 17.2 Å². The van der Waals surface area contributed by atoms with E-state index in [0.717, 1.165) is 25.2 Å². The molecule has 2 rings (SSSR count). The zero-order valence-electron chi connectivity index (χ0n) is 10.8. The second-order valence-corrected chi connectivity index (χ2v) is 5.29. The van der Waals surface area contributed by atoms with Crippen LogP contribution < -0.4 is 0 Å². The lowest BCUT2D eigenvalue weighted by atomic mass is 9.84. The van der Waals surface area contributed by atoms with Gasteiger partial charge in [0.15, 0.2) is 11.6 Å². The number of nitrogens with zero attached hydrogens (tertiary/aromatic N) is 1. The molecule has 18 heavy (non-hydrogen) atoms. The highest BCUT2D eigenvalue weighted by Gasteiger charge is 2.35. The molecule has 1 fully saturated rings. The monoisotopic (exact) mass is 255 g/mol. The topological polar surface area (TPSA) is 23.5 Å². The number of piperidine rings is 1. The quantitative estimate of drug-likeness (QED) is 0.878. The van der Waals surface area contributed by atoms with E-state index in [2.05, 4.69) is 18.7 Å². The number of hydrogen-bond donors (Lipinski definition) is 1. The first-order valence-corrected chi connectivity index (χ1v) is 6.34. The molecule has 0 amide bonds. The van der Waals surface area contributed by atoms with E-state index in [9.17, 15) is 13.9 Å². The van der Waals surface area contributed by atoms with Gasteiger partial charge in [-0.25, -0.2) is 8.78 Å². The van der Waals surface area contributed by atoms with Crippen LogP contribution in [0.4, 0.5) is 8.78 Å². The van der Waals surface area contributed by atoms with Crippen molar-refractivity contribution < 1.29 is 13.9 Å². The Balaban J connectivity index is 2.15. The smallest absolute Gasteiger partial charge is 0.159 e. The van der Waals surface area contributed by atoms with E-state index in [1.54, 1.807) is 0 Å². The maximum atomic E-state index is 13.2. The number of hydrogen-bond acceptors (Lipinski definition) is 2. The molecule has 1 aromatic rings. The highest BCUT2D eigenvalue weighted by molar-refractivity contribution is 5.25. The van der Waals surface area contributed by atoms with Gasteiger partial charge >= 0.3 is 0 Å². The molecule has 0 radical (unpaired) electrons. The molecule has 0 bridgehead atoms. The summed E-state index contributed by atoms with van der Waals surface area (Å²) in [6, 6.07) is 4.11. The molecule has 0 saturated carbocycles. The van der Waals surface area contributed by atoms with Gasteiger partial charge in [0.2, 0.25) is 0 Å². The van der Waals surface area contributed by atoms with Crippen molar-refractivity contribution in [2.75, 3.05) is 13.1 Å². The van der Waals surface area contributed by atoms with Gasteiger partial charge in [-0.3, -0.25) is 0 Å². The van der Waals surface area contributed by atoms with Gasteiger partial charge in [0, 0.05) is 19.1 Å². The largest absolute Gasteiger partial charge is 0.385 e. The molecule has 0 spiro atoms. The molecule has 0 unspecified atom stereocenters. The molecule has 0 atom stereocenters. The van der Waals surface area contributed by atoms with Gasteiger partial charge in [-0.2, -0.15) is 0 Å². The Bertz CT molecular complexity index is 426. The van der Waals surface area contributed by atoms with E-state index in [-0.39, 0.29) is 0 Å². The van der Waals surface area contributed by atoms with Gasteiger partial charge in [0.05, 0.1) is 5.60 Å². The van der Waals surface area contributed by atoms with Crippen molar-refractivity contribution in [2.24, 2.45) is 0 Å². The van der Waals surface area contributed by atoms with Crippen LogP contribution in [0.5, 0.6) is 0 Å². The maximum absolute atomic E-state index is 13.2. The first-order chi connectivity index (χ1) is 8.42. The number of likely N-dealkylation sites (tertiary alicyclic amines) is 1. The van der Waals surface area contributed by atoms with Crippen molar-refractivity contribution >= 4 is 0 Å². The Hall–Kier alpha value is -1.00. The SMILES string of the molecule is CC(C)N1CCC(O)(c2ccc(F)c(F)c2)CC1. The van der Waals surface area contributed by atoms with Crippen LogP contribution in [-0.4, -0.2) is 29.1 Å². The van der Waals surface area contributed by atoms with Crippen LogP contribution in [0.25, 0.3) is 0 Å². The predicted molar refractivity (Wildman–Crippen MR) is 66.2 cm³/mol. The van der Waals surface area contributed by atoms with E-state index in [1.807, 2.05) is 0 Å². The minimum absolute atomic E-state index is 0.444. The van der Waals surface area contributed by atoms with E-state index in [1.165, 1.54) is 6.07 Å². The summed E-state index contributed by atoms with van der Waals surface area (Å²) < 4.78 is 26.1. The van der Waals surface area contributed by atoms with E-state index >= 15 is 0 Å². The Morgan fingerprint density at radius 1 is 1.17 bits per heavy atom. The molecule has 1 heterocycles. The fourth-order valence-corrected chi connectivity index (χ4v) is 2.48. The Morgan fingerprint density at radius 3 is 2.28 bits per heavy atom. The summed E-state index contributed by atoms with van der Waals surface area (Å²) in [4.78, 5) is 2.27. The third-order valence-electron chi connectivity index (χ3n) is 3.81. The van der Waals surface area contributed by atoms with Crippen LogP contribution >= 0.6 is 0 Å². The molecule has 0 aliphatic carbocycles. The van der Waals surface area contributed by atoms with Crippen LogP contribution in [0.15, 0.2) is 18.2 Å². The minimum atomic E-state index is -1.03. The zero-order chi connectivity index (χ0) is 13.3. The van der Waals surface area contributed by atoms with Gasteiger partial charge in [0.25, 0.3) is 0 Å². The summed E-state index contributed by atoms with van der Waals surface area (Å²) in [6.07, 6.45) is 1.10. The van der Waals surface area contributed by atoms with Gasteiger partial charge in [0.1, 0.15) is 0 Å². The molecule has 100 valence electrons. The van der Waals surface area contributed by atoms with Crippen LogP contribution in [-0.2, 0) is 5.60 Å². The lowest BCUT2D eigenvalue weighted by Crippen LogP contribution is -2.45. The third-order valence-corrected chi connectivity index (χ3v) is 3.81. The van der Waals surface area contributed by atoms with Crippen molar-refractivity contribution in [3.63, 3.8) is 0 Å². The average molecular weight is 255 g/mol. The van der Waals surface area contributed by atoms with E-state index in [4.69, 9.17) is 0 Å². The highest BCUT2D eigenvalue weighted by Crippen LogP contribution is 2.33. The minimum Gasteiger partial charge on any atom is -0.385 e. The first kappa shape index (κ1) is 13.4. The number of halogens is 2. The number of rotatable bonds is 2.